The number of phosphoric acid groups is 2. The van der Waals surface area contributed by atoms with Crippen molar-refractivity contribution in [1.82, 2.24) is 0 Å². The van der Waals surface area contributed by atoms with Crippen molar-refractivity contribution in [2.45, 2.75) is 439 Å². The van der Waals surface area contributed by atoms with Crippen LogP contribution >= 0.6 is 15.6 Å². The number of aliphatic hydroxyl groups excluding tert-OH is 1. The van der Waals surface area contributed by atoms with E-state index >= 15 is 0 Å². The van der Waals surface area contributed by atoms with E-state index < -0.39 is 97.5 Å². The summed E-state index contributed by atoms with van der Waals surface area (Å²) < 4.78 is 68.6. The first kappa shape index (κ1) is 97.1. The lowest BCUT2D eigenvalue weighted by Gasteiger charge is -2.21. The Morgan fingerprint density at radius 3 is 0.768 bits per heavy atom. The molecule has 0 aliphatic rings. The minimum absolute atomic E-state index is 0.106. The van der Waals surface area contributed by atoms with Gasteiger partial charge in [0.15, 0.2) is 12.2 Å². The van der Waals surface area contributed by atoms with Crippen LogP contribution in [0.4, 0.5) is 0 Å². The average molecular weight is 1450 g/mol. The maximum Gasteiger partial charge on any atom is 0.472 e. The number of hydrogen-bond donors (Lipinski definition) is 3. The zero-order valence-electron chi connectivity index (χ0n) is 64.8. The number of phosphoric ester groups is 2. The van der Waals surface area contributed by atoms with Crippen LogP contribution in [0.25, 0.3) is 0 Å². The van der Waals surface area contributed by atoms with Crippen LogP contribution < -0.4 is 0 Å². The molecular formula is C80H156O17P2. The topological polar surface area (TPSA) is 237 Å². The van der Waals surface area contributed by atoms with Crippen LogP contribution in [0.2, 0.25) is 0 Å². The summed E-state index contributed by atoms with van der Waals surface area (Å²) in [4.78, 5) is 72.9. The van der Waals surface area contributed by atoms with Gasteiger partial charge in [-0.1, -0.05) is 369 Å². The van der Waals surface area contributed by atoms with Gasteiger partial charge in [0, 0.05) is 25.7 Å². The summed E-state index contributed by atoms with van der Waals surface area (Å²) in [5.74, 6) is -0.511. The molecule has 3 unspecified atom stereocenters. The highest BCUT2D eigenvalue weighted by Gasteiger charge is 2.30. The Kier molecular flexibility index (Phi) is 70.3. The highest BCUT2D eigenvalue weighted by Crippen LogP contribution is 2.45. The summed E-state index contributed by atoms with van der Waals surface area (Å²) >= 11 is 0. The number of aliphatic hydroxyl groups is 1. The van der Waals surface area contributed by atoms with Gasteiger partial charge in [0.2, 0.25) is 0 Å². The second kappa shape index (κ2) is 71.7. The van der Waals surface area contributed by atoms with Crippen molar-refractivity contribution >= 4 is 39.5 Å². The molecule has 19 heteroatoms. The maximum absolute atomic E-state index is 13.1. The van der Waals surface area contributed by atoms with Crippen LogP contribution in [-0.2, 0) is 65.4 Å². The lowest BCUT2D eigenvalue weighted by molar-refractivity contribution is -0.161. The first-order chi connectivity index (χ1) is 47.9. The molecule has 0 aromatic heterocycles. The van der Waals surface area contributed by atoms with E-state index in [1.807, 2.05) is 0 Å². The van der Waals surface area contributed by atoms with Crippen LogP contribution in [0.15, 0.2) is 0 Å². The smallest absolute Gasteiger partial charge is 0.462 e. The van der Waals surface area contributed by atoms with Crippen LogP contribution in [0.3, 0.4) is 0 Å². The Balaban J connectivity index is 5.20. The van der Waals surface area contributed by atoms with Crippen LogP contribution in [0, 0.1) is 11.8 Å². The van der Waals surface area contributed by atoms with Crippen LogP contribution in [0.5, 0.6) is 0 Å². The van der Waals surface area contributed by atoms with Crippen molar-refractivity contribution in [1.29, 1.82) is 0 Å². The van der Waals surface area contributed by atoms with E-state index in [4.69, 9.17) is 37.0 Å². The third kappa shape index (κ3) is 72.8. The first-order valence-electron chi connectivity index (χ1n) is 41.5. The van der Waals surface area contributed by atoms with Crippen molar-refractivity contribution in [3.63, 3.8) is 0 Å². The van der Waals surface area contributed by atoms with Gasteiger partial charge in [-0.2, -0.15) is 0 Å². The van der Waals surface area contributed by atoms with Crippen molar-refractivity contribution in [2.75, 3.05) is 39.6 Å². The molecule has 588 valence electrons. The normalized spacial score (nSPS) is 14.2. The average Bonchev–Trinajstić information content (AvgIpc) is 1.28. The van der Waals surface area contributed by atoms with Crippen LogP contribution in [0.1, 0.15) is 420 Å². The number of ether oxygens (including phenoxy) is 4. The summed E-state index contributed by atoms with van der Waals surface area (Å²) in [5.41, 5.74) is 0. The molecule has 0 saturated carbocycles. The summed E-state index contributed by atoms with van der Waals surface area (Å²) in [6, 6.07) is 0. The first-order valence-corrected chi connectivity index (χ1v) is 44.5. The molecule has 0 aliphatic heterocycles. The van der Waals surface area contributed by atoms with E-state index in [-0.39, 0.29) is 25.7 Å². The molecule has 0 fully saturated rings. The van der Waals surface area contributed by atoms with E-state index in [1.54, 1.807) is 0 Å². The lowest BCUT2D eigenvalue weighted by atomic mass is 9.99. The van der Waals surface area contributed by atoms with Gasteiger partial charge in [-0.25, -0.2) is 9.13 Å². The minimum atomic E-state index is -4.96. The van der Waals surface area contributed by atoms with E-state index in [0.717, 1.165) is 108 Å². The summed E-state index contributed by atoms with van der Waals surface area (Å²) in [7, 11) is -9.91. The molecule has 0 aromatic rings. The van der Waals surface area contributed by atoms with Crippen molar-refractivity contribution < 1.29 is 80.2 Å². The van der Waals surface area contributed by atoms with E-state index in [9.17, 15) is 43.2 Å². The molecule has 0 rings (SSSR count). The van der Waals surface area contributed by atoms with Gasteiger partial charge in [0.25, 0.3) is 0 Å². The second-order valence-electron chi connectivity index (χ2n) is 29.5. The molecule has 0 aliphatic carbocycles. The van der Waals surface area contributed by atoms with Gasteiger partial charge in [-0.15, -0.1) is 0 Å². The quantitative estimate of drug-likeness (QED) is 0.0222. The van der Waals surface area contributed by atoms with Gasteiger partial charge in [0.05, 0.1) is 26.4 Å². The van der Waals surface area contributed by atoms with Crippen molar-refractivity contribution in [3.8, 4) is 0 Å². The molecular weight excluding hydrogens is 1290 g/mol. The molecule has 3 N–H and O–H groups in total. The minimum Gasteiger partial charge on any atom is -0.462 e. The highest BCUT2D eigenvalue weighted by molar-refractivity contribution is 7.47. The number of unbranched alkanes of at least 4 members (excludes halogenated alkanes) is 48. The molecule has 0 bridgehead atoms. The summed E-state index contributed by atoms with van der Waals surface area (Å²) in [6.45, 7) is 9.64. The van der Waals surface area contributed by atoms with Crippen molar-refractivity contribution in [3.05, 3.63) is 0 Å². The molecule has 0 spiro atoms. The Morgan fingerprint density at radius 2 is 0.515 bits per heavy atom. The zero-order chi connectivity index (χ0) is 72.8. The predicted octanol–water partition coefficient (Wildman–Crippen LogP) is 23.9. The number of esters is 4. The van der Waals surface area contributed by atoms with Gasteiger partial charge in [-0.05, 0) is 37.5 Å². The molecule has 99 heavy (non-hydrogen) atoms. The fourth-order valence-corrected chi connectivity index (χ4v) is 13.9. The van der Waals surface area contributed by atoms with E-state index in [2.05, 4.69) is 41.5 Å². The second-order valence-corrected chi connectivity index (χ2v) is 32.4. The number of rotatable bonds is 79. The molecule has 0 radical (unpaired) electrons. The molecule has 17 nitrogen and oxygen atoms in total. The SMILES string of the molecule is CCCCCCCCCCCCCCCCCCCCCCC(=O)O[C@H](COC(=O)CCCCCCCCCCCCCCCCC(C)CC)COP(=O)(O)OC[C@@H](O)COP(=O)(O)OC[C@@H](COC(=O)CCCCCCCCCC)OC(=O)CCCCCCCCCCCCC(C)C. The molecule has 0 aromatic carbocycles. The van der Waals surface area contributed by atoms with Crippen LogP contribution in [-0.4, -0.2) is 96.7 Å². The fourth-order valence-electron chi connectivity index (χ4n) is 12.3. The van der Waals surface area contributed by atoms with Crippen molar-refractivity contribution in [2.24, 2.45) is 11.8 Å². The lowest BCUT2D eigenvalue weighted by Crippen LogP contribution is -2.30. The Morgan fingerprint density at radius 1 is 0.293 bits per heavy atom. The molecule has 6 atom stereocenters. The zero-order valence-corrected chi connectivity index (χ0v) is 66.6. The summed E-state index contributed by atoms with van der Waals surface area (Å²) in [6.07, 6.45) is 61.1. The monoisotopic (exact) mass is 1450 g/mol. The van der Waals surface area contributed by atoms with Gasteiger partial charge < -0.3 is 33.8 Å². The third-order valence-electron chi connectivity index (χ3n) is 19.1. The Bertz CT molecular complexity index is 1910. The standard InChI is InChI=1S/C80H156O17P2/c1-7-10-12-14-16-18-19-20-21-22-23-24-25-26-31-34-40-46-52-58-64-79(84)97-76(69-91-78(83)63-57-51-45-39-33-30-28-27-29-32-38-43-49-55-61-73(6)9-3)71-95-99(88,89)93-67-74(81)66-92-98(86,87)94-70-75(68-90-77(82)62-56-50-44-17-15-13-11-8-2)96-80(85)65-59-53-47-41-36-35-37-42-48-54-60-72(4)5/h72-76,81H,7-71H2,1-6H3,(H,86,87)(H,88,89)/t73?,74-,75+,76+/m0/s1. The molecule has 0 amide bonds. The molecule has 0 saturated heterocycles. The fraction of sp³-hybridized carbons (Fsp3) is 0.950. The Labute approximate surface area is 607 Å². The van der Waals surface area contributed by atoms with E-state index in [1.165, 1.54) is 231 Å². The van der Waals surface area contributed by atoms with Gasteiger partial charge in [0.1, 0.15) is 19.3 Å². The summed E-state index contributed by atoms with van der Waals surface area (Å²) in [5, 5.41) is 10.6. The number of hydrogen-bond acceptors (Lipinski definition) is 15. The van der Waals surface area contributed by atoms with Gasteiger partial charge >= 0.3 is 39.5 Å². The van der Waals surface area contributed by atoms with Gasteiger partial charge in [-0.3, -0.25) is 37.3 Å². The Hall–Kier alpha value is -1.94. The maximum atomic E-state index is 13.1. The largest absolute Gasteiger partial charge is 0.472 e. The third-order valence-corrected chi connectivity index (χ3v) is 21.0. The molecule has 0 heterocycles. The predicted molar refractivity (Wildman–Crippen MR) is 405 cm³/mol. The number of carbonyl (C=O) groups is 4. The van der Waals surface area contributed by atoms with E-state index in [0.29, 0.717) is 25.7 Å². The highest BCUT2D eigenvalue weighted by atomic mass is 31.2. The number of carbonyl (C=O) groups excluding carboxylic acids is 4.